The predicted molar refractivity (Wildman–Crippen MR) is 146 cm³/mol. The lowest BCUT2D eigenvalue weighted by molar-refractivity contribution is -0.147. The van der Waals surface area contributed by atoms with Crippen molar-refractivity contribution >= 4 is 37.3 Å². The largest absolute Gasteiger partial charge is 0.474 e. The number of hydrogen-bond acceptors (Lipinski definition) is 12. The summed E-state index contributed by atoms with van der Waals surface area (Å²) in [6, 6.07) is 22.7. The summed E-state index contributed by atoms with van der Waals surface area (Å²) in [6.45, 7) is -2.00. The molecule has 0 bridgehead atoms. The fourth-order valence-electron chi connectivity index (χ4n) is 3.39. The van der Waals surface area contributed by atoms with Crippen LogP contribution in [0.2, 0.25) is 0 Å². The van der Waals surface area contributed by atoms with E-state index in [1.54, 1.807) is 30.3 Å². The lowest BCUT2D eigenvalue weighted by atomic mass is 10.0. The summed E-state index contributed by atoms with van der Waals surface area (Å²) in [7, 11) is -2.16. The van der Waals surface area contributed by atoms with Gasteiger partial charge in [0.2, 0.25) is 23.8 Å². The average molecular weight is 598 g/mol. The third-order valence-electron chi connectivity index (χ3n) is 5.56. The third-order valence-corrected chi connectivity index (χ3v) is 6.90. The van der Waals surface area contributed by atoms with E-state index in [2.05, 4.69) is 9.05 Å². The van der Waals surface area contributed by atoms with Crippen LogP contribution in [0.25, 0.3) is 0 Å². The Kier molecular flexibility index (Phi) is 11.8. The van der Waals surface area contributed by atoms with Crippen LogP contribution < -0.4 is 0 Å². The maximum absolute atomic E-state index is 13.4. The van der Waals surface area contributed by atoms with Crippen LogP contribution in [-0.2, 0) is 41.9 Å². The van der Waals surface area contributed by atoms with Crippen molar-refractivity contribution in [3.8, 4) is 0 Å². The first-order chi connectivity index (χ1) is 20.2. The summed E-state index contributed by atoms with van der Waals surface area (Å²) in [5, 5.41) is 0. The number of ether oxygens (including phenoxy) is 3. The van der Waals surface area contributed by atoms with Crippen LogP contribution in [0, 0.1) is 0 Å². The first-order valence-corrected chi connectivity index (χ1v) is 13.8. The zero-order valence-electron chi connectivity index (χ0n) is 22.6. The lowest BCUT2D eigenvalue weighted by Gasteiger charge is -2.25. The van der Waals surface area contributed by atoms with Gasteiger partial charge in [-0.1, -0.05) is 54.6 Å². The van der Waals surface area contributed by atoms with Gasteiger partial charge in [-0.15, -0.1) is 0 Å². The zero-order chi connectivity index (χ0) is 30.5. The van der Waals surface area contributed by atoms with Crippen LogP contribution in [-0.4, -0.2) is 69.1 Å². The van der Waals surface area contributed by atoms with Gasteiger partial charge < -0.3 is 14.2 Å². The fourth-order valence-corrected chi connectivity index (χ4v) is 4.03. The van der Waals surface area contributed by atoms with Crippen molar-refractivity contribution in [1.29, 1.82) is 0 Å². The smallest absolute Gasteiger partial charge is 0.454 e. The van der Waals surface area contributed by atoms with Crippen LogP contribution >= 0.6 is 7.82 Å². The topological polar surface area (TPSA) is 158 Å². The van der Waals surface area contributed by atoms with Gasteiger partial charge in [-0.25, -0.2) is 18.9 Å². The van der Waals surface area contributed by atoms with Crippen molar-refractivity contribution in [2.45, 2.75) is 12.2 Å². The van der Waals surface area contributed by atoms with Crippen LogP contribution in [0.3, 0.4) is 0 Å². The molecule has 0 aliphatic carbocycles. The molecule has 0 N–H and O–H groups in total. The number of hydrogen-bond donors (Lipinski definition) is 0. The molecule has 2 unspecified atom stereocenters. The Labute approximate surface area is 241 Å². The molecule has 0 amide bonds. The van der Waals surface area contributed by atoms with Crippen LogP contribution in [0.15, 0.2) is 91.0 Å². The third kappa shape index (κ3) is 9.02. The minimum Gasteiger partial charge on any atom is -0.454 e. The van der Waals surface area contributed by atoms with Crippen molar-refractivity contribution in [3.05, 3.63) is 108 Å². The highest BCUT2D eigenvalue weighted by atomic mass is 31.2. The molecule has 42 heavy (non-hydrogen) atoms. The molecule has 0 fully saturated rings. The van der Waals surface area contributed by atoms with Gasteiger partial charge in [0.25, 0.3) is 0 Å². The highest BCUT2D eigenvalue weighted by Gasteiger charge is 2.42. The summed E-state index contributed by atoms with van der Waals surface area (Å²) >= 11 is 0. The predicted octanol–water partition coefficient (Wildman–Crippen LogP) is 3.85. The average Bonchev–Trinajstić information content (AvgIpc) is 3.04. The molecule has 12 nitrogen and oxygen atoms in total. The Morgan fingerprint density at radius 3 is 1.31 bits per heavy atom. The minimum absolute atomic E-state index is 0.00626. The molecular weight excluding hydrogens is 571 g/mol. The number of Topliss-reactive ketones (excluding diaryl/α,β-unsaturated/α-hetero) is 2. The number of esters is 3. The van der Waals surface area contributed by atoms with Gasteiger partial charge in [-0.05, 0) is 36.4 Å². The Hall–Kier alpha value is -4.48. The van der Waals surface area contributed by atoms with E-state index in [-0.39, 0.29) is 16.7 Å². The van der Waals surface area contributed by atoms with Crippen LogP contribution in [0.4, 0.5) is 0 Å². The van der Waals surface area contributed by atoms with Crippen molar-refractivity contribution in [1.82, 2.24) is 0 Å². The molecular formula is C29H27O12P. The summed E-state index contributed by atoms with van der Waals surface area (Å²) in [5.74, 6) is -5.19. The summed E-state index contributed by atoms with van der Waals surface area (Å²) in [6.07, 6.45) is -4.22. The van der Waals surface area contributed by atoms with Crippen LogP contribution in [0.1, 0.15) is 31.1 Å². The molecule has 3 aromatic rings. The number of phosphoric ester groups is 1. The number of rotatable bonds is 15. The normalized spacial score (nSPS) is 12.4. The molecule has 13 heteroatoms. The molecule has 220 valence electrons. The van der Waals surface area contributed by atoms with Crippen molar-refractivity contribution in [2.24, 2.45) is 0 Å². The van der Waals surface area contributed by atoms with Gasteiger partial charge in [-0.2, -0.15) is 0 Å². The van der Waals surface area contributed by atoms with E-state index in [9.17, 15) is 28.5 Å². The molecule has 0 saturated heterocycles. The van der Waals surface area contributed by atoms with E-state index in [1.807, 2.05) is 0 Å². The standard InChI is InChI=1S/C29H27O12P/c1-36-42(35,37-2)39-19-24(31)26(41-29(34)22-16-10-5-11-17-22)25(40-28(33)21-14-8-4-9-15-21)23(30)18-38-27(32)20-12-6-3-7-13-20/h3-17,25-26H,18-19H2,1-2H3. The van der Waals surface area contributed by atoms with E-state index in [1.165, 1.54) is 60.7 Å². The molecule has 0 spiro atoms. The van der Waals surface area contributed by atoms with E-state index in [4.69, 9.17) is 18.7 Å². The second-order valence-electron chi connectivity index (χ2n) is 8.34. The monoisotopic (exact) mass is 598 g/mol. The molecule has 3 rings (SSSR count). The molecule has 0 heterocycles. The summed E-state index contributed by atoms with van der Waals surface area (Å²) in [5.41, 5.74) is 0.151. The molecule has 0 aromatic heterocycles. The van der Waals surface area contributed by atoms with E-state index < -0.39 is 62.7 Å². The SMILES string of the molecule is COP(=O)(OC)OCC(=O)C(OC(=O)c1ccccc1)C(OC(=O)c1ccccc1)C(=O)COC(=O)c1ccccc1. The zero-order valence-corrected chi connectivity index (χ0v) is 23.5. The molecule has 0 aliphatic rings. The van der Waals surface area contributed by atoms with E-state index in [0.717, 1.165) is 14.2 Å². The van der Waals surface area contributed by atoms with Gasteiger partial charge in [0.15, 0.2) is 6.61 Å². The van der Waals surface area contributed by atoms with Gasteiger partial charge in [0.05, 0.1) is 16.7 Å². The number of carbonyl (C=O) groups is 5. The van der Waals surface area contributed by atoms with Gasteiger partial charge >= 0.3 is 25.7 Å². The maximum atomic E-state index is 13.4. The second kappa shape index (κ2) is 15.5. The molecule has 0 aliphatic heterocycles. The molecule has 0 radical (unpaired) electrons. The lowest BCUT2D eigenvalue weighted by Crippen LogP contribution is -2.48. The fraction of sp³-hybridized carbons (Fsp3) is 0.207. The van der Waals surface area contributed by atoms with E-state index >= 15 is 0 Å². The molecule has 2 atom stereocenters. The first kappa shape index (κ1) is 32.0. The quantitative estimate of drug-likeness (QED) is 0.142. The highest BCUT2D eigenvalue weighted by molar-refractivity contribution is 7.48. The number of carbonyl (C=O) groups excluding carboxylic acids is 5. The second-order valence-corrected chi connectivity index (χ2v) is 10.2. The summed E-state index contributed by atoms with van der Waals surface area (Å²) in [4.78, 5) is 65.1. The highest BCUT2D eigenvalue weighted by Crippen LogP contribution is 2.47. The Morgan fingerprint density at radius 1 is 0.571 bits per heavy atom. The van der Waals surface area contributed by atoms with Crippen LogP contribution in [0.5, 0.6) is 0 Å². The maximum Gasteiger partial charge on any atom is 0.474 e. The van der Waals surface area contributed by atoms with Gasteiger partial charge in [0.1, 0.15) is 6.61 Å². The minimum atomic E-state index is -4.18. The number of phosphoric acid groups is 1. The molecule has 0 saturated carbocycles. The number of ketones is 2. The summed E-state index contributed by atoms with van der Waals surface area (Å²) < 4.78 is 42.4. The van der Waals surface area contributed by atoms with Crippen molar-refractivity contribution in [3.63, 3.8) is 0 Å². The van der Waals surface area contributed by atoms with Gasteiger partial charge in [0, 0.05) is 14.2 Å². The number of benzene rings is 3. The van der Waals surface area contributed by atoms with Crippen molar-refractivity contribution < 1.29 is 56.3 Å². The van der Waals surface area contributed by atoms with E-state index in [0.29, 0.717) is 0 Å². The first-order valence-electron chi connectivity index (χ1n) is 12.3. The Bertz CT molecular complexity index is 1420. The molecule has 3 aromatic carbocycles. The Morgan fingerprint density at radius 2 is 0.929 bits per heavy atom. The van der Waals surface area contributed by atoms with Gasteiger partial charge in [-0.3, -0.25) is 23.2 Å². The Balaban J connectivity index is 1.94. The van der Waals surface area contributed by atoms with Crippen molar-refractivity contribution in [2.75, 3.05) is 27.4 Å².